The van der Waals surface area contributed by atoms with Crippen LogP contribution in [0.3, 0.4) is 0 Å². The Hall–Kier alpha value is -2.21. The fourth-order valence-electron chi connectivity index (χ4n) is 2.21. The van der Waals surface area contributed by atoms with Gasteiger partial charge in [0, 0.05) is 37.1 Å². The first-order chi connectivity index (χ1) is 11.7. The van der Waals surface area contributed by atoms with Gasteiger partial charge in [-0.2, -0.15) is 5.10 Å². The molecule has 0 fully saturated rings. The van der Waals surface area contributed by atoms with Crippen molar-refractivity contribution in [3.05, 3.63) is 47.2 Å². The molecular formula is C17H24ClN5O. The molecule has 6 nitrogen and oxygen atoms in total. The van der Waals surface area contributed by atoms with Crippen molar-refractivity contribution < 1.29 is 4.74 Å². The molecule has 0 aliphatic rings. The molecule has 0 saturated heterocycles. The van der Waals surface area contributed by atoms with Gasteiger partial charge >= 0.3 is 0 Å². The first-order valence-corrected chi connectivity index (χ1v) is 8.42. The average Bonchev–Trinajstić information content (AvgIpc) is 3.09. The lowest BCUT2D eigenvalue weighted by Gasteiger charge is -2.11. The third kappa shape index (κ3) is 5.77. The summed E-state index contributed by atoms with van der Waals surface area (Å²) in [7, 11) is 1.63. The molecule has 1 aromatic heterocycles. The Labute approximate surface area is 147 Å². The highest BCUT2D eigenvalue weighted by molar-refractivity contribution is 6.31. The first kappa shape index (κ1) is 18.1. The summed E-state index contributed by atoms with van der Waals surface area (Å²) in [5.41, 5.74) is 1.06. The predicted octanol–water partition coefficient (Wildman–Crippen LogP) is 2.34. The number of halogens is 1. The summed E-state index contributed by atoms with van der Waals surface area (Å²) in [6.45, 7) is 5.07. The van der Waals surface area contributed by atoms with E-state index >= 15 is 0 Å². The summed E-state index contributed by atoms with van der Waals surface area (Å²) in [4.78, 5) is 4.59. The molecule has 1 aromatic carbocycles. The predicted molar refractivity (Wildman–Crippen MR) is 97.9 cm³/mol. The number of benzene rings is 1. The highest BCUT2D eigenvalue weighted by Gasteiger charge is 2.03. The number of nitrogens with one attached hydrogen (secondary N) is 2. The van der Waals surface area contributed by atoms with Crippen LogP contribution in [-0.4, -0.2) is 42.5 Å². The van der Waals surface area contributed by atoms with Crippen LogP contribution < -0.4 is 15.4 Å². The number of ether oxygens (including phenoxy) is 1. The lowest BCUT2D eigenvalue weighted by molar-refractivity contribution is 0.414. The molecule has 1 heterocycles. The minimum absolute atomic E-state index is 0.656. The molecule has 2 N–H and O–H groups in total. The molecule has 7 heteroatoms. The Morgan fingerprint density at radius 1 is 1.38 bits per heavy atom. The van der Waals surface area contributed by atoms with E-state index in [2.05, 4.69) is 20.7 Å². The number of aromatic nitrogens is 2. The summed E-state index contributed by atoms with van der Waals surface area (Å²) in [5, 5.41) is 11.4. The monoisotopic (exact) mass is 349 g/mol. The van der Waals surface area contributed by atoms with E-state index in [1.54, 1.807) is 13.3 Å². The molecule has 0 atom stereocenters. The number of methoxy groups -OCH3 is 1. The van der Waals surface area contributed by atoms with Crippen molar-refractivity contribution in [1.29, 1.82) is 0 Å². The van der Waals surface area contributed by atoms with E-state index in [0.717, 1.165) is 43.3 Å². The number of aliphatic imine (C=N–C) groups is 1. The Morgan fingerprint density at radius 2 is 2.25 bits per heavy atom. The third-order valence-electron chi connectivity index (χ3n) is 3.45. The largest absolute Gasteiger partial charge is 0.497 e. The molecule has 2 aromatic rings. The molecule has 24 heavy (non-hydrogen) atoms. The number of hydrogen-bond donors (Lipinski definition) is 2. The molecule has 0 spiro atoms. The van der Waals surface area contributed by atoms with Crippen molar-refractivity contribution in [2.45, 2.75) is 19.9 Å². The molecule has 0 radical (unpaired) electrons. The van der Waals surface area contributed by atoms with Gasteiger partial charge in [-0.3, -0.25) is 9.67 Å². The molecule has 0 bridgehead atoms. The second-order valence-electron chi connectivity index (χ2n) is 5.16. The first-order valence-electron chi connectivity index (χ1n) is 8.05. The van der Waals surface area contributed by atoms with Crippen LogP contribution >= 0.6 is 11.6 Å². The molecular weight excluding hydrogens is 326 g/mol. The van der Waals surface area contributed by atoms with E-state index in [1.165, 1.54) is 0 Å². The van der Waals surface area contributed by atoms with Crippen LogP contribution in [0.25, 0.3) is 0 Å². The molecule has 0 unspecified atom stereocenters. The third-order valence-corrected chi connectivity index (χ3v) is 3.80. The normalized spacial score (nSPS) is 11.4. The van der Waals surface area contributed by atoms with Crippen LogP contribution in [0, 0.1) is 0 Å². The average molecular weight is 350 g/mol. The van der Waals surface area contributed by atoms with E-state index in [4.69, 9.17) is 16.3 Å². The lowest BCUT2D eigenvalue weighted by Crippen LogP contribution is -2.39. The van der Waals surface area contributed by atoms with Crippen LogP contribution in [-0.2, 0) is 13.0 Å². The van der Waals surface area contributed by atoms with Gasteiger partial charge < -0.3 is 15.4 Å². The Balaban J connectivity index is 1.83. The number of rotatable bonds is 8. The summed E-state index contributed by atoms with van der Waals surface area (Å²) < 4.78 is 7.04. The molecule has 0 amide bonds. The van der Waals surface area contributed by atoms with E-state index in [1.807, 2.05) is 42.1 Å². The lowest BCUT2D eigenvalue weighted by atomic mass is 10.1. The van der Waals surface area contributed by atoms with Crippen LogP contribution in [0.15, 0.2) is 41.7 Å². The van der Waals surface area contributed by atoms with Gasteiger partial charge in [-0.15, -0.1) is 0 Å². The topological polar surface area (TPSA) is 63.5 Å². The quantitative estimate of drug-likeness (QED) is 0.567. The zero-order valence-corrected chi connectivity index (χ0v) is 14.9. The summed E-state index contributed by atoms with van der Waals surface area (Å²) in [6, 6.07) is 7.64. The Morgan fingerprint density at radius 3 is 2.92 bits per heavy atom. The standard InChI is InChI=1S/C17H24ClN5O/c1-3-19-17(21-10-12-23-11-4-8-22-23)20-9-7-14-5-6-15(24-2)13-16(14)18/h4-6,8,11,13H,3,7,9-10,12H2,1-2H3,(H2,19,20,21). The summed E-state index contributed by atoms with van der Waals surface area (Å²) in [6.07, 6.45) is 4.49. The number of nitrogens with zero attached hydrogens (tertiary/aromatic N) is 3. The zero-order chi connectivity index (χ0) is 17.2. The van der Waals surface area contributed by atoms with E-state index in [0.29, 0.717) is 11.6 Å². The van der Waals surface area contributed by atoms with Gasteiger partial charge in [-0.05, 0) is 37.1 Å². The van der Waals surface area contributed by atoms with Gasteiger partial charge in [0.05, 0.1) is 13.7 Å². The zero-order valence-electron chi connectivity index (χ0n) is 14.1. The van der Waals surface area contributed by atoms with Crippen molar-refractivity contribution in [2.75, 3.05) is 26.7 Å². The highest BCUT2D eigenvalue weighted by Crippen LogP contribution is 2.22. The van der Waals surface area contributed by atoms with Crippen molar-refractivity contribution >= 4 is 17.6 Å². The smallest absolute Gasteiger partial charge is 0.191 e. The van der Waals surface area contributed by atoms with Gasteiger partial charge in [0.1, 0.15) is 5.75 Å². The van der Waals surface area contributed by atoms with Crippen LogP contribution in [0.2, 0.25) is 5.02 Å². The van der Waals surface area contributed by atoms with E-state index in [9.17, 15) is 0 Å². The molecule has 0 aliphatic carbocycles. The Bertz CT molecular complexity index is 642. The van der Waals surface area contributed by atoms with Gasteiger partial charge in [0.2, 0.25) is 0 Å². The van der Waals surface area contributed by atoms with Crippen molar-refractivity contribution in [3.8, 4) is 5.75 Å². The van der Waals surface area contributed by atoms with E-state index < -0.39 is 0 Å². The van der Waals surface area contributed by atoms with Crippen LogP contribution in [0.5, 0.6) is 5.75 Å². The van der Waals surface area contributed by atoms with Crippen LogP contribution in [0.4, 0.5) is 0 Å². The highest BCUT2D eigenvalue weighted by atomic mass is 35.5. The molecule has 2 rings (SSSR count). The van der Waals surface area contributed by atoms with Gasteiger partial charge in [0.25, 0.3) is 0 Å². The molecule has 0 aliphatic heterocycles. The second-order valence-corrected chi connectivity index (χ2v) is 5.57. The van der Waals surface area contributed by atoms with Gasteiger partial charge in [-0.1, -0.05) is 17.7 Å². The fourth-order valence-corrected chi connectivity index (χ4v) is 2.47. The fraction of sp³-hybridized carbons (Fsp3) is 0.412. The number of hydrogen-bond acceptors (Lipinski definition) is 3. The van der Waals surface area contributed by atoms with Crippen molar-refractivity contribution in [1.82, 2.24) is 20.4 Å². The second kappa shape index (κ2) is 9.82. The maximum absolute atomic E-state index is 6.26. The molecule has 130 valence electrons. The molecule has 0 saturated carbocycles. The van der Waals surface area contributed by atoms with Gasteiger partial charge in [-0.25, -0.2) is 0 Å². The number of guanidine groups is 1. The van der Waals surface area contributed by atoms with Crippen molar-refractivity contribution in [3.63, 3.8) is 0 Å². The maximum atomic E-state index is 6.26. The summed E-state index contributed by atoms with van der Waals surface area (Å²) in [5.74, 6) is 1.56. The van der Waals surface area contributed by atoms with Crippen molar-refractivity contribution in [2.24, 2.45) is 4.99 Å². The maximum Gasteiger partial charge on any atom is 0.191 e. The van der Waals surface area contributed by atoms with E-state index in [-0.39, 0.29) is 0 Å². The Kier molecular flexibility index (Phi) is 7.42. The van der Waals surface area contributed by atoms with Gasteiger partial charge in [0.15, 0.2) is 5.96 Å². The SMILES string of the molecule is CCNC(=NCCc1ccc(OC)cc1Cl)NCCn1cccn1. The summed E-state index contributed by atoms with van der Waals surface area (Å²) >= 11 is 6.26. The van der Waals surface area contributed by atoms with Crippen LogP contribution in [0.1, 0.15) is 12.5 Å². The minimum Gasteiger partial charge on any atom is -0.497 e. The minimum atomic E-state index is 0.656.